The van der Waals surface area contributed by atoms with Gasteiger partial charge < -0.3 is 15.0 Å². The van der Waals surface area contributed by atoms with Crippen molar-refractivity contribution in [2.24, 2.45) is 23.7 Å². The zero-order chi connectivity index (χ0) is 18.1. The molecule has 3 fully saturated rings. The molecule has 0 spiro atoms. The fourth-order valence-electron chi connectivity index (χ4n) is 5.13. The maximum Gasteiger partial charge on any atom is 0.227 e. The fraction of sp³-hybridized carbons (Fsp3) is 0.619. The predicted molar refractivity (Wildman–Crippen MR) is 99.9 cm³/mol. The Labute approximate surface area is 155 Å². The maximum absolute atomic E-state index is 12.9. The van der Waals surface area contributed by atoms with Crippen LogP contribution in [0.15, 0.2) is 24.3 Å². The van der Waals surface area contributed by atoms with E-state index in [1.165, 1.54) is 19.3 Å². The average Bonchev–Trinajstić information content (AvgIpc) is 3.31. The monoisotopic (exact) mass is 356 g/mol. The summed E-state index contributed by atoms with van der Waals surface area (Å²) in [5.74, 6) is 2.68. The van der Waals surface area contributed by atoms with Crippen LogP contribution in [-0.4, -0.2) is 36.9 Å². The molecule has 140 valence electrons. The number of hydrogen-bond acceptors (Lipinski definition) is 3. The van der Waals surface area contributed by atoms with Gasteiger partial charge in [-0.1, -0.05) is 18.6 Å². The summed E-state index contributed by atoms with van der Waals surface area (Å²) in [5, 5.41) is 2.98. The number of methoxy groups -OCH3 is 1. The first-order chi connectivity index (χ1) is 12.7. The number of nitrogens with one attached hydrogen (secondary N) is 1. The quantitative estimate of drug-likeness (QED) is 0.900. The van der Waals surface area contributed by atoms with Gasteiger partial charge in [0, 0.05) is 24.9 Å². The molecule has 5 nitrogen and oxygen atoms in total. The van der Waals surface area contributed by atoms with Crippen LogP contribution in [0.5, 0.6) is 5.75 Å². The van der Waals surface area contributed by atoms with Gasteiger partial charge in [0.2, 0.25) is 11.8 Å². The van der Waals surface area contributed by atoms with Crippen LogP contribution in [0.3, 0.4) is 0 Å². The number of anilines is 1. The molecule has 2 amide bonds. The van der Waals surface area contributed by atoms with Crippen LogP contribution in [0.25, 0.3) is 0 Å². The Morgan fingerprint density at radius 3 is 2.50 bits per heavy atom. The van der Waals surface area contributed by atoms with Crippen LogP contribution in [0.4, 0.5) is 5.69 Å². The molecular weight excluding hydrogens is 328 g/mol. The van der Waals surface area contributed by atoms with Crippen molar-refractivity contribution in [3.8, 4) is 5.75 Å². The SMILES string of the molecule is COc1ccccc1NC(=O)C1CCN(C(=O)C2CC3CCC2C3)CC1. The van der Waals surface area contributed by atoms with Crippen LogP contribution < -0.4 is 10.1 Å². The molecule has 0 aromatic heterocycles. The van der Waals surface area contributed by atoms with Crippen molar-refractivity contribution in [3.63, 3.8) is 0 Å². The van der Waals surface area contributed by atoms with Gasteiger partial charge in [-0.2, -0.15) is 0 Å². The van der Waals surface area contributed by atoms with Crippen molar-refractivity contribution in [2.45, 2.75) is 38.5 Å². The number of benzene rings is 1. The van der Waals surface area contributed by atoms with Crippen LogP contribution >= 0.6 is 0 Å². The third-order valence-electron chi connectivity index (χ3n) is 6.60. The molecule has 1 aromatic carbocycles. The van der Waals surface area contributed by atoms with Crippen LogP contribution in [-0.2, 0) is 9.59 Å². The Bertz CT molecular complexity index is 682. The van der Waals surface area contributed by atoms with Gasteiger partial charge in [-0.25, -0.2) is 0 Å². The van der Waals surface area contributed by atoms with Gasteiger partial charge in [0.25, 0.3) is 0 Å². The molecule has 5 heteroatoms. The summed E-state index contributed by atoms with van der Waals surface area (Å²) in [5.41, 5.74) is 0.709. The van der Waals surface area contributed by atoms with E-state index in [1.807, 2.05) is 29.2 Å². The third-order valence-corrected chi connectivity index (χ3v) is 6.60. The number of fused-ring (bicyclic) bond motifs is 2. The Balaban J connectivity index is 1.30. The zero-order valence-corrected chi connectivity index (χ0v) is 15.4. The van der Waals surface area contributed by atoms with Gasteiger partial charge in [0.1, 0.15) is 5.75 Å². The van der Waals surface area contributed by atoms with Crippen LogP contribution in [0.2, 0.25) is 0 Å². The molecule has 2 aliphatic carbocycles. The predicted octanol–water partition coefficient (Wildman–Crippen LogP) is 3.31. The highest BCUT2D eigenvalue weighted by Crippen LogP contribution is 2.49. The maximum atomic E-state index is 12.9. The van der Waals surface area contributed by atoms with Gasteiger partial charge in [0.05, 0.1) is 12.8 Å². The number of piperidine rings is 1. The Morgan fingerprint density at radius 2 is 1.85 bits per heavy atom. The van der Waals surface area contributed by atoms with Crippen molar-refractivity contribution in [3.05, 3.63) is 24.3 Å². The number of rotatable bonds is 4. The molecule has 1 aliphatic heterocycles. The van der Waals surface area contributed by atoms with E-state index in [0.29, 0.717) is 36.4 Å². The number of para-hydroxylation sites is 2. The lowest BCUT2D eigenvalue weighted by molar-refractivity contribution is -0.140. The van der Waals surface area contributed by atoms with E-state index in [9.17, 15) is 9.59 Å². The first-order valence-electron chi connectivity index (χ1n) is 9.88. The highest BCUT2D eigenvalue weighted by molar-refractivity contribution is 5.94. The fourth-order valence-corrected chi connectivity index (χ4v) is 5.13. The molecular formula is C21H28N2O3. The molecule has 2 bridgehead atoms. The number of hydrogen-bond donors (Lipinski definition) is 1. The number of nitrogens with zero attached hydrogens (tertiary/aromatic N) is 1. The smallest absolute Gasteiger partial charge is 0.227 e. The molecule has 2 saturated carbocycles. The van der Waals surface area contributed by atoms with Crippen molar-refractivity contribution >= 4 is 17.5 Å². The van der Waals surface area contributed by atoms with Crippen molar-refractivity contribution < 1.29 is 14.3 Å². The summed E-state index contributed by atoms with van der Waals surface area (Å²) < 4.78 is 5.30. The highest BCUT2D eigenvalue weighted by atomic mass is 16.5. The summed E-state index contributed by atoms with van der Waals surface area (Å²) >= 11 is 0. The van der Waals surface area contributed by atoms with Crippen molar-refractivity contribution in [1.82, 2.24) is 4.90 Å². The largest absolute Gasteiger partial charge is 0.495 e. The van der Waals surface area contributed by atoms with Gasteiger partial charge in [0.15, 0.2) is 0 Å². The molecule has 1 saturated heterocycles. The number of amides is 2. The van der Waals surface area contributed by atoms with E-state index < -0.39 is 0 Å². The third kappa shape index (κ3) is 3.31. The molecule has 3 atom stereocenters. The standard InChI is InChI=1S/C21H28N2O3/c1-26-19-5-3-2-4-18(19)22-20(24)15-8-10-23(11-9-15)21(25)17-13-14-6-7-16(17)12-14/h2-5,14-17H,6-13H2,1H3,(H,22,24). The van der Waals surface area contributed by atoms with E-state index in [-0.39, 0.29) is 17.7 Å². The average molecular weight is 356 g/mol. The van der Waals surface area contributed by atoms with Gasteiger partial charge in [-0.3, -0.25) is 9.59 Å². The first kappa shape index (κ1) is 17.4. The zero-order valence-electron chi connectivity index (χ0n) is 15.4. The lowest BCUT2D eigenvalue weighted by Crippen LogP contribution is -2.45. The Hall–Kier alpha value is -2.04. The van der Waals surface area contributed by atoms with E-state index in [2.05, 4.69) is 5.32 Å². The molecule has 3 aliphatic rings. The van der Waals surface area contributed by atoms with Crippen LogP contribution in [0, 0.1) is 23.7 Å². The number of carbonyl (C=O) groups is 2. The minimum Gasteiger partial charge on any atom is -0.495 e. The summed E-state index contributed by atoms with van der Waals surface area (Å²) in [6.45, 7) is 1.41. The second-order valence-electron chi connectivity index (χ2n) is 8.07. The Morgan fingerprint density at radius 1 is 1.08 bits per heavy atom. The molecule has 1 heterocycles. The highest BCUT2D eigenvalue weighted by Gasteiger charge is 2.44. The minimum absolute atomic E-state index is 0.0292. The molecule has 1 N–H and O–H groups in total. The molecule has 4 rings (SSSR count). The summed E-state index contributed by atoms with van der Waals surface area (Å²) in [4.78, 5) is 27.5. The minimum atomic E-state index is -0.0380. The molecule has 1 aromatic rings. The lowest BCUT2D eigenvalue weighted by atomic mass is 9.86. The summed E-state index contributed by atoms with van der Waals surface area (Å²) in [7, 11) is 1.60. The lowest BCUT2D eigenvalue weighted by Gasteiger charge is -2.35. The van der Waals surface area contributed by atoms with Crippen LogP contribution in [0.1, 0.15) is 38.5 Å². The second kappa shape index (κ2) is 7.29. The molecule has 26 heavy (non-hydrogen) atoms. The summed E-state index contributed by atoms with van der Waals surface area (Å²) in [6.07, 6.45) is 6.39. The van der Waals surface area contributed by atoms with Gasteiger partial charge in [-0.15, -0.1) is 0 Å². The van der Waals surface area contributed by atoms with Crippen molar-refractivity contribution in [2.75, 3.05) is 25.5 Å². The van der Waals surface area contributed by atoms with Gasteiger partial charge >= 0.3 is 0 Å². The normalized spacial score (nSPS) is 28.2. The number of carbonyl (C=O) groups excluding carboxylic acids is 2. The summed E-state index contributed by atoms with van der Waals surface area (Å²) in [6, 6.07) is 7.46. The van der Waals surface area contributed by atoms with E-state index in [1.54, 1.807) is 7.11 Å². The second-order valence-corrected chi connectivity index (χ2v) is 8.07. The molecule has 3 unspecified atom stereocenters. The van der Waals surface area contributed by atoms with E-state index in [4.69, 9.17) is 4.74 Å². The Kier molecular flexibility index (Phi) is 4.88. The first-order valence-corrected chi connectivity index (χ1v) is 9.88. The van der Waals surface area contributed by atoms with Crippen molar-refractivity contribution in [1.29, 1.82) is 0 Å². The number of likely N-dealkylation sites (tertiary alicyclic amines) is 1. The van der Waals surface area contributed by atoms with E-state index >= 15 is 0 Å². The molecule has 0 radical (unpaired) electrons. The van der Waals surface area contributed by atoms with Gasteiger partial charge in [-0.05, 0) is 56.1 Å². The number of ether oxygens (including phenoxy) is 1. The topological polar surface area (TPSA) is 58.6 Å². The van der Waals surface area contributed by atoms with E-state index in [0.717, 1.165) is 25.2 Å².